The third-order valence-corrected chi connectivity index (χ3v) is 4.98. The highest BCUT2D eigenvalue weighted by Gasteiger charge is 2.44. The zero-order valence-corrected chi connectivity index (χ0v) is 11.7. The van der Waals surface area contributed by atoms with Gasteiger partial charge in [0.2, 0.25) is 0 Å². The van der Waals surface area contributed by atoms with Crippen molar-refractivity contribution in [1.82, 2.24) is 5.32 Å². The maximum Gasteiger partial charge on any atom is 0.308 e. The first-order valence-electron chi connectivity index (χ1n) is 5.99. The van der Waals surface area contributed by atoms with Gasteiger partial charge in [0.15, 0.2) is 9.84 Å². The summed E-state index contributed by atoms with van der Waals surface area (Å²) in [6, 6.07) is 6.49. The van der Waals surface area contributed by atoms with Crippen LogP contribution in [0.25, 0.3) is 0 Å². The zero-order chi connectivity index (χ0) is 14.3. The molecule has 2 N–H and O–H groups in total. The van der Waals surface area contributed by atoms with Gasteiger partial charge in [-0.2, -0.15) is 0 Å². The van der Waals surface area contributed by atoms with Gasteiger partial charge >= 0.3 is 5.97 Å². The molecule has 19 heavy (non-hydrogen) atoms. The first-order chi connectivity index (χ1) is 8.75. The van der Waals surface area contributed by atoms with Gasteiger partial charge in [-0.1, -0.05) is 19.1 Å². The van der Waals surface area contributed by atoms with E-state index in [2.05, 4.69) is 5.32 Å². The van der Waals surface area contributed by atoms with Crippen molar-refractivity contribution in [3.05, 3.63) is 29.8 Å². The second-order valence-corrected chi connectivity index (χ2v) is 7.25. The summed E-state index contributed by atoms with van der Waals surface area (Å²) in [6.07, 6.45) is 1.15. The van der Waals surface area contributed by atoms with E-state index in [4.69, 9.17) is 0 Å². The molecule has 0 bridgehead atoms. The van der Waals surface area contributed by atoms with E-state index in [-0.39, 0.29) is 4.90 Å². The second kappa shape index (κ2) is 4.61. The van der Waals surface area contributed by atoms with Gasteiger partial charge < -0.3 is 10.4 Å². The van der Waals surface area contributed by atoms with Gasteiger partial charge in [0, 0.05) is 24.8 Å². The summed E-state index contributed by atoms with van der Waals surface area (Å²) in [4.78, 5) is 11.5. The largest absolute Gasteiger partial charge is 0.481 e. The lowest BCUT2D eigenvalue weighted by molar-refractivity contribution is -0.142. The van der Waals surface area contributed by atoms with Crippen molar-refractivity contribution >= 4 is 15.8 Å². The molecule has 0 amide bonds. The molecule has 1 aliphatic rings. The number of carbonyl (C=O) groups is 1. The van der Waals surface area contributed by atoms with Crippen LogP contribution in [0.15, 0.2) is 29.2 Å². The van der Waals surface area contributed by atoms with E-state index in [1.165, 1.54) is 12.1 Å². The molecule has 0 aromatic heterocycles. The lowest BCUT2D eigenvalue weighted by Gasteiger charge is -2.28. The van der Waals surface area contributed by atoms with E-state index < -0.39 is 27.1 Å². The Morgan fingerprint density at radius 1 is 1.37 bits per heavy atom. The summed E-state index contributed by atoms with van der Waals surface area (Å²) in [5.74, 6) is -1.34. The summed E-state index contributed by atoms with van der Waals surface area (Å²) in [6.45, 7) is 2.89. The van der Waals surface area contributed by atoms with E-state index in [0.717, 1.165) is 11.8 Å². The highest BCUT2D eigenvalue weighted by atomic mass is 32.2. The molecule has 1 aromatic rings. The van der Waals surface area contributed by atoms with Crippen molar-refractivity contribution in [3.8, 4) is 0 Å². The molecule has 1 aromatic carbocycles. The fourth-order valence-corrected chi connectivity index (χ4v) is 3.20. The summed E-state index contributed by atoms with van der Waals surface area (Å²) >= 11 is 0. The SMILES string of the molecule is CC1(c2ccc(S(C)(=O)=O)cc2)CNCC1C(=O)O. The Kier molecular flexibility index (Phi) is 3.40. The Balaban J connectivity index is 2.39. The Hall–Kier alpha value is -1.40. The van der Waals surface area contributed by atoms with Crippen molar-refractivity contribution in [2.45, 2.75) is 17.2 Å². The summed E-state index contributed by atoms with van der Waals surface area (Å²) < 4.78 is 22.8. The van der Waals surface area contributed by atoms with Crippen LogP contribution in [0.5, 0.6) is 0 Å². The summed E-state index contributed by atoms with van der Waals surface area (Å²) in [5, 5.41) is 12.3. The van der Waals surface area contributed by atoms with Crippen molar-refractivity contribution in [2.24, 2.45) is 5.92 Å². The normalized spacial score (nSPS) is 27.4. The Morgan fingerprint density at radius 3 is 2.42 bits per heavy atom. The summed E-state index contributed by atoms with van der Waals surface area (Å²) in [5.41, 5.74) is 0.333. The molecule has 1 heterocycles. The van der Waals surface area contributed by atoms with Gasteiger partial charge in [0.05, 0.1) is 10.8 Å². The van der Waals surface area contributed by atoms with Crippen LogP contribution in [0.2, 0.25) is 0 Å². The minimum atomic E-state index is -3.22. The Morgan fingerprint density at radius 2 is 1.95 bits per heavy atom. The quantitative estimate of drug-likeness (QED) is 0.851. The highest BCUT2D eigenvalue weighted by molar-refractivity contribution is 7.90. The Labute approximate surface area is 112 Å². The maximum atomic E-state index is 11.4. The van der Waals surface area contributed by atoms with Crippen molar-refractivity contribution in [3.63, 3.8) is 0 Å². The van der Waals surface area contributed by atoms with Crippen LogP contribution in [0, 0.1) is 5.92 Å². The van der Waals surface area contributed by atoms with Gasteiger partial charge in [-0.25, -0.2) is 8.42 Å². The van der Waals surface area contributed by atoms with Gasteiger partial charge in [-0.15, -0.1) is 0 Å². The monoisotopic (exact) mass is 283 g/mol. The van der Waals surface area contributed by atoms with Crippen LogP contribution >= 0.6 is 0 Å². The lowest BCUT2D eigenvalue weighted by Crippen LogP contribution is -2.36. The van der Waals surface area contributed by atoms with Gasteiger partial charge in [0.25, 0.3) is 0 Å². The fraction of sp³-hybridized carbons (Fsp3) is 0.462. The van der Waals surface area contributed by atoms with Crippen LogP contribution in [0.1, 0.15) is 12.5 Å². The number of hydrogen-bond donors (Lipinski definition) is 2. The molecule has 2 atom stereocenters. The van der Waals surface area contributed by atoms with Crippen molar-refractivity contribution in [2.75, 3.05) is 19.3 Å². The van der Waals surface area contributed by atoms with E-state index >= 15 is 0 Å². The maximum absolute atomic E-state index is 11.4. The predicted molar refractivity (Wildman–Crippen MR) is 70.9 cm³/mol. The molecule has 1 fully saturated rings. The van der Waals surface area contributed by atoms with E-state index in [1.54, 1.807) is 12.1 Å². The minimum absolute atomic E-state index is 0.248. The van der Waals surface area contributed by atoms with Crippen LogP contribution in [-0.4, -0.2) is 38.8 Å². The molecule has 5 nitrogen and oxygen atoms in total. The second-order valence-electron chi connectivity index (χ2n) is 5.24. The molecule has 2 rings (SSSR count). The van der Waals surface area contributed by atoms with E-state index in [1.807, 2.05) is 6.92 Å². The number of sulfone groups is 1. The van der Waals surface area contributed by atoms with Crippen LogP contribution < -0.4 is 5.32 Å². The number of aliphatic carboxylic acids is 1. The van der Waals surface area contributed by atoms with Crippen molar-refractivity contribution in [1.29, 1.82) is 0 Å². The molecule has 1 aliphatic heterocycles. The smallest absolute Gasteiger partial charge is 0.308 e. The first kappa shape index (κ1) is 14.0. The van der Waals surface area contributed by atoms with E-state index in [9.17, 15) is 18.3 Å². The molecule has 0 aliphatic carbocycles. The molecule has 0 saturated carbocycles. The third kappa shape index (κ3) is 2.50. The minimum Gasteiger partial charge on any atom is -0.481 e. The molecule has 104 valence electrons. The summed E-state index contributed by atoms with van der Waals surface area (Å²) in [7, 11) is -3.22. The number of nitrogens with one attached hydrogen (secondary N) is 1. The number of benzene rings is 1. The molecular formula is C13H17NO4S. The van der Waals surface area contributed by atoms with Crippen LogP contribution in [0.4, 0.5) is 0 Å². The predicted octanol–water partition coefficient (Wildman–Crippen LogP) is 0.652. The van der Waals surface area contributed by atoms with Gasteiger partial charge in [0.1, 0.15) is 0 Å². The standard InChI is InChI=1S/C13H17NO4S/c1-13(8-14-7-11(13)12(15)16)9-3-5-10(6-4-9)19(2,17)18/h3-6,11,14H,7-8H2,1-2H3,(H,15,16). The highest BCUT2D eigenvalue weighted by Crippen LogP contribution is 2.35. The van der Waals surface area contributed by atoms with Crippen LogP contribution in [-0.2, 0) is 20.0 Å². The van der Waals surface area contributed by atoms with E-state index in [0.29, 0.717) is 13.1 Å². The topological polar surface area (TPSA) is 83.5 Å². The average molecular weight is 283 g/mol. The number of carboxylic acids is 1. The molecule has 0 radical (unpaired) electrons. The molecular weight excluding hydrogens is 266 g/mol. The molecule has 0 spiro atoms. The van der Waals surface area contributed by atoms with Gasteiger partial charge in [-0.05, 0) is 17.7 Å². The third-order valence-electron chi connectivity index (χ3n) is 3.85. The molecule has 6 heteroatoms. The zero-order valence-electron chi connectivity index (χ0n) is 10.9. The lowest BCUT2D eigenvalue weighted by atomic mass is 9.74. The average Bonchev–Trinajstić information content (AvgIpc) is 2.72. The number of rotatable bonds is 3. The van der Waals surface area contributed by atoms with Gasteiger partial charge in [-0.3, -0.25) is 4.79 Å². The first-order valence-corrected chi connectivity index (χ1v) is 7.88. The Bertz CT molecular complexity index is 594. The molecule has 2 unspecified atom stereocenters. The number of carboxylic acid groups (broad SMARTS) is 1. The fourth-order valence-electron chi connectivity index (χ4n) is 2.57. The van der Waals surface area contributed by atoms with Crippen LogP contribution in [0.3, 0.4) is 0 Å². The van der Waals surface area contributed by atoms with Crippen molar-refractivity contribution < 1.29 is 18.3 Å². The number of hydrogen-bond acceptors (Lipinski definition) is 4. The molecule has 1 saturated heterocycles.